The molecule has 0 spiro atoms. The van der Waals surface area contributed by atoms with E-state index in [1.165, 1.54) is 6.08 Å². The van der Waals surface area contributed by atoms with Gasteiger partial charge in [0.25, 0.3) is 5.78 Å². The van der Waals surface area contributed by atoms with Crippen molar-refractivity contribution in [3.8, 4) is 0 Å². The van der Waals surface area contributed by atoms with Crippen molar-refractivity contribution >= 4 is 33.8 Å². The zero-order valence-electron chi connectivity index (χ0n) is 8.03. The minimum Gasteiger partial charge on any atom is -0.475 e. The van der Waals surface area contributed by atoms with Gasteiger partial charge in [0.2, 0.25) is 0 Å². The van der Waals surface area contributed by atoms with Crippen molar-refractivity contribution < 1.29 is 14.7 Å². The largest absolute Gasteiger partial charge is 0.475 e. The molecule has 1 rings (SSSR count). The molecular formula is C11H9BrO3. The molecule has 1 N–H and O–H groups in total. The van der Waals surface area contributed by atoms with E-state index in [-0.39, 0.29) is 0 Å². The van der Waals surface area contributed by atoms with Gasteiger partial charge in [-0.3, -0.25) is 4.79 Å². The number of hydrogen-bond acceptors (Lipinski definition) is 2. The molecular weight excluding hydrogens is 260 g/mol. The topological polar surface area (TPSA) is 54.4 Å². The maximum atomic E-state index is 10.8. The first-order valence-electron chi connectivity index (χ1n) is 4.22. The molecule has 0 aliphatic carbocycles. The minimum atomic E-state index is -1.45. The molecule has 15 heavy (non-hydrogen) atoms. The highest BCUT2D eigenvalue weighted by atomic mass is 79.9. The number of carboxylic acid groups (broad SMARTS) is 1. The van der Waals surface area contributed by atoms with Crippen LogP contribution in [0.5, 0.6) is 0 Å². The van der Waals surface area contributed by atoms with Gasteiger partial charge in [0.05, 0.1) is 0 Å². The van der Waals surface area contributed by atoms with Crippen LogP contribution in [0.3, 0.4) is 0 Å². The van der Waals surface area contributed by atoms with Gasteiger partial charge in [-0.25, -0.2) is 4.79 Å². The zero-order valence-corrected chi connectivity index (χ0v) is 9.61. The van der Waals surface area contributed by atoms with Crippen LogP contribution in [0.1, 0.15) is 11.1 Å². The molecule has 0 atom stereocenters. The number of benzene rings is 1. The van der Waals surface area contributed by atoms with Crippen LogP contribution in [0.25, 0.3) is 6.08 Å². The van der Waals surface area contributed by atoms with Crippen molar-refractivity contribution in [1.82, 2.24) is 0 Å². The first-order valence-corrected chi connectivity index (χ1v) is 5.01. The first kappa shape index (κ1) is 11.7. The maximum Gasteiger partial charge on any atom is 0.376 e. The fraction of sp³-hybridized carbons (Fsp3) is 0.0909. The predicted molar refractivity (Wildman–Crippen MR) is 60.6 cm³/mol. The molecule has 3 nitrogen and oxygen atoms in total. The van der Waals surface area contributed by atoms with E-state index in [1.807, 2.05) is 25.1 Å². The second-order valence-corrected chi connectivity index (χ2v) is 3.87. The van der Waals surface area contributed by atoms with Gasteiger partial charge in [0, 0.05) is 4.47 Å². The normalized spacial score (nSPS) is 10.5. The number of aliphatic carboxylic acids is 1. The lowest BCUT2D eigenvalue weighted by atomic mass is 10.1. The lowest BCUT2D eigenvalue weighted by molar-refractivity contribution is -0.146. The van der Waals surface area contributed by atoms with Crippen LogP contribution in [0.2, 0.25) is 0 Å². The quantitative estimate of drug-likeness (QED) is 0.677. The molecule has 1 aromatic rings. The van der Waals surface area contributed by atoms with E-state index in [9.17, 15) is 9.59 Å². The second kappa shape index (κ2) is 4.89. The zero-order chi connectivity index (χ0) is 11.4. The Hall–Kier alpha value is -1.42. The number of carboxylic acids is 1. The van der Waals surface area contributed by atoms with Gasteiger partial charge in [-0.15, -0.1) is 0 Å². The smallest absolute Gasteiger partial charge is 0.376 e. The van der Waals surface area contributed by atoms with E-state index in [1.54, 1.807) is 0 Å². The van der Waals surface area contributed by atoms with Crippen LogP contribution >= 0.6 is 15.9 Å². The SMILES string of the molecule is Cc1ccc(/C=C/C(=O)C(=O)O)cc1Br. The third kappa shape index (κ3) is 3.32. The third-order valence-corrected chi connectivity index (χ3v) is 2.69. The summed E-state index contributed by atoms with van der Waals surface area (Å²) in [6.07, 6.45) is 2.51. The van der Waals surface area contributed by atoms with Crippen LogP contribution in [0.4, 0.5) is 0 Å². The molecule has 0 radical (unpaired) electrons. The van der Waals surface area contributed by atoms with Gasteiger partial charge in [-0.2, -0.15) is 0 Å². The standard InChI is InChI=1S/C11H9BrO3/c1-7-2-3-8(6-9(7)12)4-5-10(13)11(14)15/h2-6H,1H3,(H,14,15)/b5-4+. The summed E-state index contributed by atoms with van der Waals surface area (Å²) >= 11 is 3.35. The molecule has 0 aliphatic heterocycles. The summed E-state index contributed by atoms with van der Waals surface area (Å²) in [6, 6.07) is 5.52. The number of halogens is 1. The van der Waals surface area contributed by atoms with E-state index in [0.29, 0.717) is 0 Å². The molecule has 4 heteroatoms. The van der Waals surface area contributed by atoms with Crippen molar-refractivity contribution in [2.24, 2.45) is 0 Å². The van der Waals surface area contributed by atoms with E-state index in [0.717, 1.165) is 21.7 Å². The summed E-state index contributed by atoms with van der Waals surface area (Å²) in [4.78, 5) is 21.0. The number of carbonyl (C=O) groups is 2. The molecule has 0 bridgehead atoms. The van der Waals surface area contributed by atoms with Crippen molar-refractivity contribution in [3.63, 3.8) is 0 Å². The monoisotopic (exact) mass is 268 g/mol. The van der Waals surface area contributed by atoms with Crippen molar-refractivity contribution in [1.29, 1.82) is 0 Å². The van der Waals surface area contributed by atoms with Gasteiger partial charge in [-0.1, -0.05) is 34.1 Å². The number of rotatable bonds is 3. The molecule has 0 amide bonds. The molecule has 0 unspecified atom stereocenters. The Morgan fingerprint density at radius 1 is 1.40 bits per heavy atom. The average Bonchev–Trinajstić information content (AvgIpc) is 2.19. The van der Waals surface area contributed by atoms with Crippen LogP contribution in [-0.2, 0) is 9.59 Å². The lowest BCUT2D eigenvalue weighted by Gasteiger charge is -1.98. The Labute approximate surface area is 95.6 Å². The maximum absolute atomic E-state index is 10.8. The predicted octanol–water partition coefficient (Wildman–Crippen LogP) is 2.42. The Morgan fingerprint density at radius 3 is 2.60 bits per heavy atom. The molecule has 0 fully saturated rings. The summed E-state index contributed by atoms with van der Waals surface area (Å²) in [7, 11) is 0. The van der Waals surface area contributed by atoms with Gasteiger partial charge in [0.1, 0.15) is 0 Å². The third-order valence-electron chi connectivity index (χ3n) is 1.83. The number of hydrogen-bond donors (Lipinski definition) is 1. The highest BCUT2D eigenvalue weighted by Gasteiger charge is 2.05. The van der Waals surface area contributed by atoms with Gasteiger partial charge >= 0.3 is 5.97 Å². The summed E-state index contributed by atoms with van der Waals surface area (Å²) < 4.78 is 0.924. The number of aryl methyl sites for hydroxylation is 1. The molecule has 0 aromatic heterocycles. The molecule has 1 aromatic carbocycles. The molecule has 0 saturated heterocycles. The highest BCUT2D eigenvalue weighted by Crippen LogP contribution is 2.18. The van der Waals surface area contributed by atoms with E-state index < -0.39 is 11.8 Å². The van der Waals surface area contributed by atoms with Crippen LogP contribution in [0, 0.1) is 6.92 Å². The van der Waals surface area contributed by atoms with Crippen molar-refractivity contribution in [2.45, 2.75) is 6.92 Å². The summed E-state index contributed by atoms with van der Waals surface area (Å²) in [5.41, 5.74) is 1.86. The first-order chi connectivity index (χ1) is 7.00. The molecule has 0 heterocycles. The van der Waals surface area contributed by atoms with Crippen LogP contribution < -0.4 is 0 Å². The summed E-state index contributed by atoms with van der Waals surface area (Å²) in [5, 5.41) is 8.35. The second-order valence-electron chi connectivity index (χ2n) is 3.01. The summed E-state index contributed by atoms with van der Waals surface area (Å²) in [6.45, 7) is 1.94. The Bertz CT molecular complexity index is 435. The average molecular weight is 269 g/mol. The number of ketones is 1. The minimum absolute atomic E-state index is 0.780. The highest BCUT2D eigenvalue weighted by molar-refractivity contribution is 9.10. The van der Waals surface area contributed by atoms with Crippen molar-refractivity contribution in [2.75, 3.05) is 0 Å². The Morgan fingerprint density at radius 2 is 2.07 bits per heavy atom. The molecule has 78 valence electrons. The lowest BCUT2D eigenvalue weighted by Crippen LogP contribution is -2.08. The molecule has 0 aliphatic rings. The van der Waals surface area contributed by atoms with Gasteiger partial charge in [-0.05, 0) is 30.2 Å². The van der Waals surface area contributed by atoms with Gasteiger partial charge in [0.15, 0.2) is 0 Å². The van der Waals surface area contributed by atoms with Crippen LogP contribution in [0.15, 0.2) is 28.7 Å². The fourth-order valence-corrected chi connectivity index (χ4v) is 1.35. The van der Waals surface area contributed by atoms with Crippen LogP contribution in [-0.4, -0.2) is 16.9 Å². The Kier molecular flexibility index (Phi) is 3.80. The summed E-state index contributed by atoms with van der Waals surface area (Å²) in [5.74, 6) is -2.37. The van der Waals surface area contributed by atoms with Crippen molar-refractivity contribution in [3.05, 3.63) is 39.9 Å². The Balaban J connectivity index is 2.86. The van der Waals surface area contributed by atoms with E-state index in [2.05, 4.69) is 15.9 Å². The van der Waals surface area contributed by atoms with E-state index in [4.69, 9.17) is 5.11 Å². The molecule has 0 saturated carbocycles. The fourth-order valence-electron chi connectivity index (χ4n) is 0.956. The van der Waals surface area contributed by atoms with Gasteiger partial charge < -0.3 is 5.11 Å². The number of carbonyl (C=O) groups excluding carboxylic acids is 1. The van der Waals surface area contributed by atoms with E-state index >= 15 is 0 Å².